The maximum absolute atomic E-state index is 12.2. The van der Waals surface area contributed by atoms with Crippen molar-refractivity contribution in [3.05, 3.63) is 70.0 Å². The number of anilines is 1. The summed E-state index contributed by atoms with van der Waals surface area (Å²) >= 11 is 1.19. The van der Waals surface area contributed by atoms with E-state index in [1.807, 2.05) is 31.2 Å². The van der Waals surface area contributed by atoms with Crippen LogP contribution in [0.3, 0.4) is 0 Å². The lowest BCUT2D eigenvalue weighted by Crippen LogP contribution is -2.15. The first-order valence-electron chi connectivity index (χ1n) is 8.68. The predicted octanol–water partition coefficient (Wildman–Crippen LogP) is 3.34. The molecule has 0 bridgehead atoms. The average molecular weight is 413 g/mol. The summed E-state index contributed by atoms with van der Waals surface area (Å²) in [6.07, 6.45) is 0. The molecule has 0 aliphatic heterocycles. The number of hydrogen-bond acceptors (Lipinski definition) is 7. The van der Waals surface area contributed by atoms with E-state index in [4.69, 9.17) is 4.74 Å². The standard InChI is InChI=1S/C19H19N5O4S/c1-13-7-9-14(10-8-13)28-11-17-21-22-19(23(17)2)29-12-18(25)20-15-5-3-4-6-16(15)24(26)27/h3-10H,11-12H2,1-2H3,(H,20,25). The van der Waals surface area contributed by atoms with Crippen LogP contribution in [0.4, 0.5) is 11.4 Å². The highest BCUT2D eigenvalue weighted by Crippen LogP contribution is 2.24. The molecule has 0 fully saturated rings. The van der Waals surface area contributed by atoms with Gasteiger partial charge in [-0.3, -0.25) is 14.9 Å². The Morgan fingerprint density at radius 1 is 1.21 bits per heavy atom. The second-order valence-electron chi connectivity index (χ2n) is 6.17. The van der Waals surface area contributed by atoms with Crippen LogP contribution in [0.15, 0.2) is 53.7 Å². The number of nitrogens with zero attached hydrogens (tertiary/aromatic N) is 4. The van der Waals surface area contributed by atoms with E-state index in [0.29, 0.717) is 11.0 Å². The van der Waals surface area contributed by atoms with Crippen molar-refractivity contribution in [2.45, 2.75) is 18.7 Å². The summed E-state index contributed by atoms with van der Waals surface area (Å²) < 4.78 is 7.45. The van der Waals surface area contributed by atoms with Crippen molar-refractivity contribution in [3.63, 3.8) is 0 Å². The number of benzene rings is 2. The Balaban J connectivity index is 1.55. The first kappa shape index (κ1) is 20.3. The number of rotatable bonds is 8. The van der Waals surface area contributed by atoms with Crippen molar-refractivity contribution in [3.8, 4) is 5.75 Å². The molecule has 0 aliphatic carbocycles. The van der Waals surface area contributed by atoms with Gasteiger partial charge < -0.3 is 14.6 Å². The third kappa shape index (κ3) is 5.32. The molecule has 3 aromatic rings. The SMILES string of the molecule is Cc1ccc(OCc2nnc(SCC(=O)Nc3ccccc3[N+](=O)[O-])n2C)cc1. The number of ether oxygens (including phenoxy) is 1. The lowest BCUT2D eigenvalue weighted by atomic mass is 10.2. The Kier molecular flexibility index (Phi) is 6.45. The van der Waals surface area contributed by atoms with Gasteiger partial charge in [0.25, 0.3) is 5.69 Å². The minimum absolute atomic E-state index is 0.0385. The van der Waals surface area contributed by atoms with E-state index < -0.39 is 4.92 Å². The highest BCUT2D eigenvalue weighted by molar-refractivity contribution is 7.99. The van der Waals surface area contributed by atoms with Crippen LogP contribution in [0, 0.1) is 17.0 Å². The number of nitro benzene ring substituents is 1. The Morgan fingerprint density at radius 3 is 2.66 bits per heavy atom. The van der Waals surface area contributed by atoms with Crippen LogP contribution in [0.5, 0.6) is 5.75 Å². The summed E-state index contributed by atoms with van der Waals surface area (Å²) in [7, 11) is 1.79. The van der Waals surface area contributed by atoms with Crippen LogP contribution in [0.1, 0.15) is 11.4 Å². The predicted molar refractivity (Wildman–Crippen MR) is 109 cm³/mol. The number of thioether (sulfide) groups is 1. The van der Waals surface area contributed by atoms with Crippen molar-refractivity contribution in [2.24, 2.45) is 7.05 Å². The summed E-state index contributed by atoms with van der Waals surface area (Å²) in [4.78, 5) is 22.7. The van der Waals surface area contributed by atoms with Crippen LogP contribution < -0.4 is 10.1 Å². The van der Waals surface area contributed by atoms with Gasteiger partial charge in [-0.15, -0.1) is 10.2 Å². The Hall–Kier alpha value is -3.40. The fraction of sp³-hybridized carbons (Fsp3) is 0.211. The van der Waals surface area contributed by atoms with Crippen molar-refractivity contribution >= 4 is 29.0 Å². The molecule has 29 heavy (non-hydrogen) atoms. The first-order valence-corrected chi connectivity index (χ1v) is 9.66. The molecular weight excluding hydrogens is 394 g/mol. The van der Waals surface area contributed by atoms with E-state index in [2.05, 4.69) is 15.5 Å². The number of nitrogens with one attached hydrogen (secondary N) is 1. The fourth-order valence-electron chi connectivity index (χ4n) is 2.43. The van der Waals surface area contributed by atoms with Gasteiger partial charge in [-0.05, 0) is 25.1 Å². The van der Waals surface area contributed by atoms with Crippen molar-refractivity contribution in [1.29, 1.82) is 0 Å². The minimum Gasteiger partial charge on any atom is -0.486 e. The third-order valence-electron chi connectivity index (χ3n) is 4.02. The Bertz CT molecular complexity index is 1020. The molecule has 0 unspecified atom stereocenters. The lowest BCUT2D eigenvalue weighted by molar-refractivity contribution is -0.383. The van der Waals surface area contributed by atoms with Crippen molar-refractivity contribution in [1.82, 2.24) is 14.8 Å². The molecule has 3 rings (SSSR count). The smallest absolute Gasteiger partial charge is 0.292 e. The maximum atomic E-state index is 12.2. The van der Waals surface area contributed by atoms with E-state index >= 15 is 0 Å². The van der Waals surface area contributed by atoms with Gasteiger partial charge in [0.2, 0.25) is 5.91 Å². The molecule has 0 saturated heterocycles. The zero-order chi connectivity index (χ0) is 20.8. The van der Waals surface area contributed by atoms with Crippen LogP contribution in [-0.2, 0) is 18.4 Å². The zero-order valence-corrected chi connectivity index (χ0v) is 16.7. The number of carbonyl (C=O) groups is 1. The average Bonchev–Trinajstić information content (AvgIpc) is 3.06. The van der Waals surface area contributed by atoms with Gasteiger partial charge >= 0.3 is 0 Å². The summed E-state index contributed by atoms with van der Waals surface area (Å²) in [6, 6.07) is 13.7. The molecule has 10 heteroatoms. The molecule has 0 spiro atoms. The molecule has 1 aromatic heterocycles. The van der Waals surface area contributed by atoms with E-state index in [9.17, 15) is 14.9 Å². The summed E-state index contributed by atoms with van der Waals surface area (Å²) in [5, 5.41) is 22.3. The molecule has 0 radical (unpaired) electrons. The normalized spacial score (nSPS) is 10.6. The molecule has 0 saturated carbocycles. The van der Waals surface area contributed by atoms with Crippen LogP contribution in [0.25, 0.3) is 0 Å². The van der Waals surface area contributed by atoms with Crippen molar-refractivity contribution < 1.29 is 14.5 Å². The monoisotopic (exact) mass is 413 g/mol. The number of amides is 1. The number of carbonyl (C=O) groups excluding carboxylic acids is 1. The molecule has 1 N–H and O–H groups in total. The van der Waals surface area contributed by atoms with Crippen LogP contribution >= 0.6 is 11.8 Å². The van der Waals surface area contributed by atoms with Gasteiger partial charge in [-0.25, -0.2) is 0 Å². The van der Waals surface area contributed by atoms with Gasteiger partial charge in [0.1, 0.15) is 18.0 Å². The number of hydrogen-bond donors (Lipinski definition) is 1. The number of aryl methyl sites for hydroxylation is 1. The second-order valence-corrected chi connectivity index (χ2v) is 7.11. The zero-order valence-electron chi connectivity index (χ0n) is 15.9. The van der Waals surface area contributed by atoms with Gasteiger partial charge in [0.15, 0.2) is 11.0 Å². The molecular formula is C19H19N5O4S. The highest BCUT2D eigenvalue weighted by atomic mass is 32.2. The molecule has 0 aliphatic rings. The summed E-state index contributed by atoms with van der Waals surface area (Å²) in [5.74, 6) is 1.02. The van der Waals surface area contributed by atoms with E-state index in [1.165, 1.54) is 23.9 Å². The van der Waals surface area contributed by atoms with Crippen molar-refractivity contribution in [2.75, 3.05) is 11.1 Å². The Labute approximate surface area is 171 Å². The highest BCUT2D eigenvalue weighted by Gasteiger charge is 2.16. The quantitative estimate of drug-likeness (QED) is 0.342. The first-order chi connectivity index (χ1) is 13.9. The third-order valence-corrected chi connectivity index (χ3v) is 5.04. The molecule has 1 heterocycles. The fourth-order valence-corrected chi connectivity index (χ4v) is 3.16. The summed E-state index contributed by atoms with van der Waals surface area (Å²) in [5.41, 5.74) is 1.15. The van der Waals surface area contributed by atoms with Gasteiger partial charge in [-0.1, -0.05) is 41.6 Å². The number of aromatic nitrogens is 3. The van der Waals surface area contributed by atoms with Crippen LogP contribution in [-0.4, -0.2) is 31.3 Å². The Morgan fingerprint density at radius 2 is 1.93 bits per heavy atom. The number of nitro groups is 1. The molecule has 2 aromatic carbocycles. The van der Waals surface area contributed by atoms with E-state index in [1.54, 1.807) is 23.7 Å². The molecule has 150 valence electrons. The van der Waals surface area contributed by atoms with Gasteiger partial charge in [-0.2, -0.15) is 0 Å². The lowest BCUT2D eigenvalue weighted by Gasteiger charge is -2.07. The number of para-hydroxylation sites is 2. The van der Waals surface area contributed by atoms with E-state index in [-0.39, 0.29) is 29.6 Å². The van der Waals surface area contributed by atoms with Crippen LogP contribution in [0.2, 0.25) is 0 Å². The molecule has 1 amide bonds. The van der Waals surface area contributed by atoms with Gasteiger partial charge in [0.05, 0.1) is 10.7 Å². The second kappa shape index (κ2) is 9.20. The van der Waals surface area contributed by atoms with Gasteiger partial charge in [0, 0.05) is 13.1 Å². The molecule has 9 nitrogen and oxygen atoms in total. The topological polar surface area (TPSA) is 112 Å². The maximum Gasteiger partial charge on any atom is 0.292 e. The van der Waals surface area contributed by atoms with E-state index in [0.717, 1.165) is 11.3 Å². The minimum atomic E-state index is -0.536. The summed E-state index contributed by atoms with van der Waals surface area (Å²) in [6.45, 7) is 2.25. The molecule has 0 atom stereocenters. The largest absolute Gasteiger partial charge is 0.486 e.